The molecule has 1 rings (SSSR count). The van der Waals surface area contributed by atoms with E-state index >= 15 is 0 Å². The molecule has 1 N–H and O–H groups in total. The summed E-state index contributed by atoms with van der Waals surface area (Å²) in [7, 11) is 1.77. The molecule has 0 saturated heterocycles. The summed E-state index contributed by atoms with van der Waals surface area (Å²) >= 11 is 6.06. The van der Waals surface area contributed by atoms with Gasteiger partial charge < -0.3 is 10.1 Å². The number of ether oxygens (including phenoxy) is 1. The summed E-state index contributed by atoms with van der Waals surface area (Å²) in [6, 6.07) is 6.91. The summed E-state index contributed by atoms with van der Waals surface area (Å²) in [5.74, 6) is 0.543. The second kappa shape index (κ2) is 9.32. The minimum absolute atomic E-state index is 0.374. The van der Waals surface area contributed by atoms with Crippen LogP contribution in [0.5, 0.6) is 0 Å². The SMILES string of the molecule is CCCNC(c1cc(I)ccc1Br)C(C)CCOC. The van der Waals surface area contributed by atoms with Gasteiger partial charge in [0, 0.05) is 27.8 Å². The van der Waals surface area contributed by atoms with Crippen LogP contribution in [-0.2, 0) is 4.74 Å². The molecule has 0 bridgehead atoms. The lowest BCUT2D eigenvalue weighted by Crippen LogP contribution is -2.28. The Balaban J connectivity index is 2.91. The Labute approximate surface area is 139 Å². The summed E-state index contributed by atoms with van der Waals surface area (Å²) in [5, 5.41) is 3.67. The number of nitrogens with one attached hydrogen (secondary N) is 1. The van der Waals surface area contributed by atoms with Gasteiger partial charge in [0.1, 0.15) is 0 Å². The molecule has 2 unspecified atom stereocenters. The van der Waals surface area contributed by atoms with Crippen molar-refractivity contribution >= 4 is 38.5 Å². The van der Waals surface area contributed by atoms with E-state index in [0.717, 1.165) is 26.0 Å². The number of halogens is 2. The molecule has 2 nitrogen and oxygen atoms in total. The van der Waals surface area contributed by atoms with Crippen molar-refractivity contribution in [3.63, 3.8) is 0 Å². The Morgan fingerprint density at radius 1 is 1.42 bits per heavy atom. The third kappa shape index (κ3) is 5.69. The first-order valence-electron chi connectivity index (χ1n) is 6.77. The summed E-state index contributed by atoms with van der Waals surface area (Å²) < 4.78 is 7.68. The maximum absolute atomic E-state index is 5.22. The van der Waals surface area contributed by atoms with E-state index in [2.05, 4.69) is 75.9 Å². The Morgan fingerprint density at radius 2 is 2.16 bits per heavy atom. The quantitative estimate of drug-likeness (QED) is 0.589. The van der Waals surface area contributed by atoms with Crippen LogP contribution in [0, 0.1) is 9.49 Å². The largest absolute Gasteiger partial charge is 0.385 e. The Hall–Kier alpha value is 0.350. The second-order valence-corrected chi connectivity index (χ2v) is 6.96. The molecule has 1 aromatic carbocycles. The van der Waals surface area contributed by atoms with Gasteiger partial charge in [-0.3, -0.25) is 0 Å². The minimum Gasteiger partial charge on any atom is -0.385 e. The molecule has 2 atom stereocenters. The van der Waals surface area contributed by atoms with Gasteiger partial charge in [0.25, 0.3) is 0 Å². The molecule has 0 aliphatic carbocycles. The number of methoxy groups -OCH3 is 1. The Morgan fingerprint density at radius 3 is 2.79 bits per heavy atom. The average molecular weight is 440 g/mol. The van der Waals surface area contributed by atoms with Crippen molar-refractivity contribution in [3.8, 4) is 0 Å². The van der Waals surface area contributed by atoms with E-state index in [0.29, 0.717) is 12.0 Å². The van der Waals surface area contributed by atoms with Crippen LogP contribution >= 0.6 is 38.5 Å². The van der Waals surface area contributed by atoms with Crippen LogP contribution in [0.4, 0.5) is 0 Å². The van der Waals surface area contributed by atoms with E-state index in [1.54, 1.807) is 7.11 Å². The van der Waals surface area contributed by atoms with E-state index in [-0.39, 0.29) is 0 Å². The van der Waals surface area contributed by atoms with Crippen molar-refractivity contribution in [3.05, 3.63) is 31.8 Å². The zero-order chi connectivity index (χ0) is 14.3. The van der Waals surface area contributed by atoms with Crippen LogP contribution in [0.15, 0.2) is 22.7 Å². The molecule has 0 spiro atoms. The van der Waals surface area contributed by atoms with E-state index in [9.17, 15) is 0 Å². The van der Waals surface area contributed by atoms with Crippen LogP contribution in [0.1, 0.15) is 38.3 Å². The highest BCUT2D eigenvalue weighted by atomic mass is 127. The van der Waals surface area contributed by atoms with Gasteiger partial charge in [-0.1, -0.05) is 29.8 Å². The van der Waals surface area contributed by atoms with Crippen LogP contribution in [0.2, 0.25) is 0 Å². The predicted molar refractivity (Wildman–Crippen MR) is 93.6 cm³/mol. The van der Waals surface area contributed by atoms with E-state index in [4.69, 9.17) is 4.74 Å². The molecular formula is C15H23BrINO. The predicted octanol–water partition coefficient (Wildman–Crippen LogP) is 4.77. The highest BCUT2D eigenvalue weighted by Gasteiger charge is 2.20. The molecule has 4 heteroatoms. The number of benzene rings is 1. The molecule has 0 saturated carbocycles. The van der Waals surface area contributed by atoms with Crippen LogP contribution in [-0.4, -0.2) is 20.3 Å². The number of hydrogen-bond acceptors (Lipinski definition) is 2. The third-order valence-corrected chi connectivity index (χ3v) is 4.65. The van der Waals surface area contributed by atoms with Crippen LogP contribution in [0.25, 0.3) is 0 Å². The summed E-state index contributed by atoms with van der Waals surface area (Å²) in [5.41, 5.74) is 1.35. The van der Waals surface area contributed by atoms with E-state index < -0.39 is 0 Å². The van der Waals surface area contributed by atoms with Crippen molar-refractivity contribution < 1.29 is 4.74 Å². The van der Waals surface area contributed by atoms with Crippen molar-refractivity contribution in [2.75, 3.05) is 20.3 Å². The Bertz CT molecular complexity index is 386. The molecule has 0 aliphatic rings. The van der Waals surface area contributed by atoms with Crippen molar-refractivity contribution in [1.29, 1.82) is 0 Å². The van der Waals surface area contributed by atoms with Crippen molar-refractivity contribution in [2.24, 2.45) is 5.92 Å². The standard InChI is InChI=1S/C15H23BrINO/c1-4-8-18-15(11(2)7-9-19-3)13-10-12(17)5-6-14(13)16/h5-6,10-11,15,18H,4,7-9H2,1-3H3. The normalized spacial score (nSPS) is 14.4. The average Bonchev–Trinajstić information content (AvgIpc) is 2.40. The maximum atomic E-state index is 5.22. The fraction of sp³-hybridized carbons (Fsp3) is 0.600. The van der Waals surface area contributed by atoms with Crippen molar-refractivity contribution in [2.45, 2.75) is 32.7 Å². The van der Waals surface area contributed by atoms with E-state index in [1.165, 1.54) is 13.6 Å². The molecule has 0 radical (unpaired) electrons. The summed E-state index contributed by atoms with van der Waals surface area (Å²) in [6.45, 7) is 6.35. The lowest BCUT2D eigenvalue weighted by Gasteiger charge is -2.27. The molecule has 0 aliphatic heterocycles. The Kier molecular flexibility index (Phi) is 8.53. The fourth-order valence-electron chi connectivity index (χ4n) is 2.14. The summed E-state index contributed by atoms with van der Waals surface area (Å²) in [4.78, 5) is 0. The first-order chi connectivity index (χ1) is 9.10. The zero-order valence-electron chi connectivity index (χ0n) is 11.9. The first kappa shape index (κ1) is 17.4. The van der Waals surface area contributed by atoms with Gasteiger partial charge in [-0.2, -0.15) is 0 Å². The van der Waals surface area contributed by atoms with Gasteiger partial charge in [-0.25, -0.2) is 0 Å². The van der Waals surface area contributed by atoms with Gasteiger partial charge >= 0.3 is 0 Å². The zero-order valence-corrected chi connectivity index (χ0v) is 15.6. The van der Waals surface area contributed by atoms with Gasteiger partial charge in [0.05, 0.1) is 0 Å². The molecule has 1 aromatic rings. The minimum atomic E-state index is 0.374. The van der Waals surface area contributed by atoms with Gasteiger partial charge in [0.15, 0.2) is 0 Å². The number of hydrogen-bond donors (Lipinski definition) is 1. The lowest BCUT2D eigenvalue weighted by atomic mass is 9.92. The molecule has 0 aromatic heterocycles. The molecule has 0 fully saturated rings. The highest BCUT2D eigenvalue weighted by Crippen LogP contribution is 2.31. The topological polar surface area (TPSA) is 21.3 Å². The molecule has 0 heterocycles. The van der Waals surface area contributed by atoms with Gasteiger partial charge in [-0.15, -0.1) is 0 Å². The maximum Gasteiger partial charge on any atom is 0.0465 e. The van der Waals surface area contributed by atoms with E-state index in [1.807, 2.05) is 0 Å². The molecular weight excluding hydrogens is 417 g/mol. The third-order valence-electron chi connectivity index (χ3n) is 3.25. The fourth-order valence-corrected chi connectivity index (χ4v) is 3.15. The van der Waals surface area contributed by atoms with Crippen LogP contribution < -0.4 is 5.32 Å². The smallest absolute Gasteiger partial charge is 0.0465 e. The first-order valence-corrected chi connectivity index (χ1v) is 8.64. The lowest BCUT2D eigenvalue weighted by molar-refractivity contribution is 0.170. The molecule has 108 valence electrons. The molecule has 19 heavy (non-hydrogen) atoms. The monoisotopic (exact) mass is 439 g/mol. The van der Waals surface area contributed by atoms with Gasteiger partial charge in [-0.05, 0) is 71.7 Å². The summed E-state index contributed by atoms with van der Waals surface area (Å²) in [6.07, 6.45) is 2.21. The van der Waals surface area contributed by atoms with Crippen molar-refractivity contribution in [1.82, 2.24) is 5.32 Å². The van der Waals surface area contributed by atoms with Crippen LogP contribution in [0.3, 0.4) is 0 Å². The highest BCUT2D eigenvalue weighted by molar-refractivity contribution is 14.1. The second-order valence-electron chi connectivity index (χ2n) is 4.86. The molecule has 0 amide bonds. The number of rotatable bonds is 8. The van der Waals surface area contributed by atoms with Gasteiger partial charge in [0.2, 0.25) is 0 Å².